The molecule has 0 aliphatic carbocycles. The zero-order valence-corrected chi connectivity index (χ0v) is 15.3. The van der Waals surface area contributed by atoms with Gasteiger partial charge in [-0.3, -0.25) is 9.89 Å². The van der Waals surface area contributed by atoms with Crippen molar-refractivity contribution < 1.29 is 22.7 Å². The number of alkyl halides is 3. The Morgan fingerprint density at radius 3 is 2.69 bits per heavy atom. The number of nitrogens with zero attached hydrogens (tertiary/aromatic N) is 2. The predicted molar refractivity (Wildman–Crippen MR) is 91.0 cm³/mol. The smallest absolute Gasteiger partial charge is 0.422 e. The molecule has 0 aliphatic rings. The largest absolute Gasteiger partial charge is 0.483 e. The molecular formula is C16H14BrF3N4O2. The Balaban J connectivity index is 2.17. The lowest BCUT2D eigenvalue weighted by molar-refractivity contribution is -0.153. The van der Waals surface area contributed by atoms with Gasteiger partial charge in [0.2, 0.25) is 0 Å². The average Bonchev–Trinajstić information content (AvgIpc) is 2.94. The van der Waals surface area contributed by atoms with Crippen molar-refractivity contribution in [1.29, 1.82) is 5.26 Å². The highest BCUT2D eigenvalue weighted by molar-refractivity contribution is 9.10. The number of H-pyrrole nitrogens is 1. The monoisotopic (exact) mass is 430 g/mol. The van der Waals surface area contributed by atoms with Crippen molar-refractivity contribution >= 4 is 27.5 Å². The first kappa shape index (κ1) is 19.8. The number of anilines is 1. The first-order valence-corrected chi connectivity index (χ1v) is 8.20. The van der Waals surface area contributed by atoms with Crippen LogP contribution < -0.4 is 10.1 Å². The molecule has 0 aliphatic heterocycles. The van der Waals surface area contributed by atoms with Gasteiger partial charge in [0.15, 0.2) is 12.3 Å². The maximum atomic E-state index is 12.3. The van der Waals surface area contributed by atoms with Gasteiger partial charge in [0.25, 0.3) is 5.91 Å². The van der Waals surface area contributed by atoms with Gasteiger partial charge in [0.1, 0.15) is 11.8 Å². The molecule has 6 nitrogen and oxygen atoms in total. The standard InChI is InChI=1S/C16H14BrF3N4O2/c1-8(2)13-12(17)14(24-23-13)15(25)22-10-3-4-11(9(5-10)6-21)26-7-16(18,19)20/h3-5,8H,7H2,1-2H3,(H,22,25)(H,23,24). The van der Waals surface area contributed by atoms with E-state index in [1.807, 2.05) is 13.8 Å². The highest BCUT2D eigenvalue weighted by Gasteiger charge is 2.29. The summed E-state index contributed by atoms with van der Waals surface area (Å²) in [4.78, 5) is 12.3. The second kappa shape index (κ2) is 7.78. The van der Waals surface area contributed by atoms with Crippen LogP contribution in [0.25, 0.3) is 0 Å². The predicted octanol–water partition coefficient (Wildman–Crippen LogP) is 4.36. The number of aromatic nitrogens is 2. The summed E-state index contributed by atoms with van der Waals surface area (Å²) in [5.74, 6) is -0.632. The normalized spacial score (nSPS) is 11.3. The van der Waals surface area contributed by atoms with Gasteiger partial charge >= 0.3 is 6.18 Å². The number of carbonyl (C=O) groups is 1. The van der Waals surface area contributed by atoms with Crippen LogP contribution in [0.4, 0.5) is 18.9 Å². The van der Waals surface area contributed by atoms with Crippen molar-refractivity contribution in [3.05, 3.63) is 39.6 Å². The summed E-state index contributed by atoms with van der Waals surface area (Å²) < 4.78 is 41.8. The van der Waals surface area contributed by atoms with Gasteiger partial charge in [-0.05, 0) is 40.0 Å². The molecular weight excluding hydrogens is 417 g/mol. The highest BCUT2D eigenvalue weighted by Crippen LogP contribution is 2.28. The molecule has 26 heavy (non-hydrogen) atoms. The average molecular weight is 431 g/mol. The summed E-state index contributed by atoms with van der Waals surface area (Å²) in [6.07, 6.45) is -4.51. The Morgan fingerprint density at radius 2 is 2.15 bits per heavy atom. The number of benzene rings is 1. The molecule has 1 aromatic carbocycles. The van der Waals surface area contributed by atoms with Gasteiger partial charge in [-0.15, -0.1) is 0 Å². The van der Waals surface area contributed by atoms with E-state index in [1.54, 1.807) is 6.07 Å². The number of ether oxygens (including phenoxy) is 1. The number of amides is 1. The van der Waals surface area contributed by atoms with E-state index in [0.29, 0.717) is 4.47 Å². The van der Waals surface area contributed by atoms with E-state index in [9.17, 15) is 18.0 Å². The fourth-order valence-corrected chi connectivity index (χ4v) is 2.86. The fraction of sp³-hybridized carbons (Fsp3) is 0.312. The third-order valence-corrected chi connectivity index (χ3v) is 4.08. The lowest BCUT2D eigenvalue weighted by Crippen LogP contribution is -2.19. The molecule has 2 rings (SSSR count). The van der Waals surface area contributed by atoms with Crippen LogP contribution in [-0.4, -0.2) is 28.9 Å². The number of nitriles is 1. The minimum atomic E-state index is -4.51. The second-order valence-corrected chi connectivity index (χ2v) is 6.43. The molecule has 1 aromatic heterocycles. The molecule has 1 amide bonds. The lowest BCUT2D eigenvalue weighted by Gasteiger charge is -2.11. The van der Waals surface area contributed by atoms with Crippen LogP contribution in [0.15, 0.2) is 22.7 Å². The number of halogens is 4. The number of hydrogen-bond acceptors (Lipinski definition) is 4. The van der Waals surface area contributed by atoms with E-state index < -0.39 is 18.7 Å². The third kappa shape index (κ3) is 4.76. The molecule has 0 unspecified atom stereocenters. The molecule has 0 saturated carbocycles. The third-order valence-electron chi connectivity index (χ3n) is 3.27. The molecule has 0 fully saturated rings. The van der Waals surface area contributed by atoms with Gasteiger partial charge < -0.3 is 10.1 Å². The zero-order chi connectivity index (χ0) is 19.5. The number of rotatable bonds is 5. The van der Waals surface area contributed by atoms with Crippen LogP contribution in [-0.2, 0) is 0 Å². The molecule has 138 valence electrons. The molecule has 0 spiro atoms. The van der Waals surface area contributed by atoms with Crippen LogP contribution in [0.3, 0.4) is 0 Å². The molecule has 2 aromatic rings. The summed E-state index contributed by atoms with van der Waals surface area (Å²) in [6, 6.07) is 5.51. The molecule has 0 bridgehead atoms. The summed E-state index contributed by atoms with van der Waals surface area (Å²) in [5.41, 5.74) is 0.983. The quantitative estimate of drug-likeness (QED) is 0.736. The number of hydrogen-bond donors (Lipinski definition) is 2. The number of carbonyl (C=O) groups excluding carboxylic acids is 1. The number of nitrogens with one attached hydrogen (secondary N) is 2. The van der Waals surface area contributed by atoms with Gasteiger partial charge in [-0.25, -0.2) is 0 Å². The molecule has 10 heteroatoms. The minimum Gasteiger partial charge on any atom is -0.483 e. The fourth-order valence-electron chi connectivity index (χ4n) is 2.05. The van der Waals surface area contributed by atoms with Crippen LogP contribution in [0.5, 0.6) is 5.75 Å². The SMILES string of the molecule is CC(C)c1[nH]nc(C(=O)Nc2ccc(OCC(F)(F)F)c(C#N)c2)c1Br. The van der Waals surface area contributed by atoms with Gasteiger partial charge in [0.05, 0.1) is 15.7 Å². The summed E-state index contributed by atoms with van der Waals surface area (Å²) >= 11 is 3.31. The van der Waals surface area contributed by atoms with Crippen molar-refractivity contribution in [2.45, 2.75) is 25.9 Å². The van der Waals surface area contributed by atoms with Crippen LogP contribution in [0, 0.1) is 11.3 Å². The summed E-state index contributed by atoms with van der Waals surface area (Å²) in [7, 11) is 0. The van der Waals surface area contributed by atoms with Crippen LogP contribution in [0.2, 0.25) is 0 Å². The molecule has 2 N–H and O–H groups in total. The van der Waals surface area contributed by atoms with E-state index in [4.69, 9.17) is 5.26 Å². The van der Waals surface area contributed by atoms with Crippen molar-refractivity contribution in [1.82, 2.24) is 10.2 Å². The Hall–Kier alpha value is -2.54. The van der Waals surface area contributed by atoms with Gasteiger partial charge in [0, 0.05) is 5.69 Å². The zero-order valence-electron chi connectivity index (χ0n) is 13.7. The highest BCUT2D eigenvalue weighted by atomic mass is 79.9. The lowest BCUT2D eigenvalue weighted by atomic mass is 10.1. The second-order valence-electron chi connectivity index (χ2n) is 5.64. The molecule has 0 atom stereocenters. The van der Waals surface area contributed by atoms with Crippen molar-refractivity contribution in [2.24, 2.45) is 0 Å². The van der Waals surface area contributed by atoms with Gasteiger partial charge in [-0.2, -0.15) is 23.5 Å². The topological polar surface area (TPSA) is 90.8 Å². The molecule has 0 saturated heterocycles. The maximum absolute atomic E-state index is 12.3. The van der Waals surface area contributed by atoms with Crippen LogP contribution in [0.1, 0.15) is 41.5 Å². The first-order chi connectivity index (χ1) is 12.1. The van der Waals surface area contributed by atoms with E-state index >= 15 is 0 Å². The Bertz CT molecular complexity index is 856. The maximum Gasteiger partial charge on any atom is 0.422 e. The van der Waals surface area contributed by atoms with Crippen molar-refractivity contribution in [3.63, 3.8) is 0 Å². The van der Waals surface area contributed by atoms with Crippen LogP contribution >= 0.6 is 15.9 Å². The van der Waals surface area contributed by atoms with E-state index in [1.165, 1.54) is 18.2 Å². The summed E-state index contributed by atoms with van der Waals surface area (Å²) in [6.45, 7) is 2.35. The number of aromatic amines is 1. The van der Waals surface area contributed by atoms with E-state index in [0.717, 1.165) is 5.69 Å². The minimum absolute atomic E-state index is 0.119. The van der Waals surface area contributed by atoms with E-state index in [2.05, 4.69) is 36.2 Å². The summed E-state index contributed by atoms with van der Waals surface area (Å²) in [5, 5.41) is 18.3. The molecule has 0 radical (unpaired) electrons. The Labute approximate surface area is 155 Å². The van der Waals surface area contributed by atoms with Crippen molar-refractivity contribution in [3.8, 4) is 11.8 Å². The van der Waals surface area contributed by atoms with Crippen molar-refractivity contribution in [2.75, 3.05) is 11.9 Å². The Morgan fingerprint density at radius 1 is 1.46 bits per heavy atom. The Kier molecular flexibility index (Phi) is 5.92. The first-order valence-electron chi connectivity index (χ1n) is 7.41. The van der Waals surface area contributed by atoms with E-state index in [-0.39, 0.29) is 28.6 Å². The van der Waals surface area contributed by atoms with Gasteiger partial charge in [-0.1, -0.05) is 13.8 Å². The molecule has 1 heterocycles.